The molecule has 1 aliphatic heterocycles. The molecule has 0 spiro atoms. The highest BCUT2D eigenvalue weighted by molar-refractivity contribution is 5.94. The number of methoxy groups -OCH3 is 1. The van der Waals surface area contributed by atoms with Gasteiger partial charge in [0.05, 0.1) is 19.0 Å². The summed E-state index contributed by atoms with van der Waals surface area (Å²) in [5.41, 5.74) is 12.0. The fourth-order valence-corrected chi connectivity index (χ4v) is 4.38. The minimum Gasteiger partial charge on any atom is -0.493 e. The molecule has 1 saturated heterocycles. The first-order chi connectivity index (χ1) is 19.9. The van der Waals surface area contributed by atoms with Gasteiger partial charge in [0.15, 0.2) is 17.2 Å². The van der Waals surface area contributed by atoms with Crippen molar-refractivity contribution >= 4 is 17.9 Å². The van der Waals surface area contributed by atoms with Crippen LogP contribution in [0.2, 0.25) is 0 Å². The van der Waals surface area contributed by atoms with Crippen molar-refractivity contribution in [2.75, 3.05) is 46.1 Å². The topological polar surface area (TPSA) is 162 Å². The monoisotopic (exact) mass is 560 g/mol. The van der Waals surface area contributed by atoms with Crippen LogP contribution < -0.4 is 20.6 Å². The number of anilines is 1. The van der Waals surface area contributed by atoms with E-state index in [0.717, 1.165) is 37.3 Å². The van der Waals surface area contributed by atoms with Crippen LogP contribution in [0.15, 0.2) is 52.2 Å². The maximum atomic E-state index is 13.1. The highest BCUT2D eigenvalue weighted by atomic mass is 16.6. The van der Waals surface area contributed by atoms with Crippen LogP contribution in [0.25, 0.3) is 5.82 Å². The number of carbonyl (C=O) groups is 1. The Hall–Kier alpha value is -4.82. The molecule has 1 fully saturated rings. The Balaban J connectivity index is 1.28. The van der Waals surface area contributed by atoms with E-state index in [2.05, 4.69) is 48.0 Å². The van der Waals surface area contributed by atoms with Gasteiger partial charge in [0.25, 0.3) is 5.91 Å². The summed E-state index contributed by atoms with van der Waals surface area (Å²) < 4.78 is 17.6. The number of hydrogen-bond donors (Lipinski definition) is 2. The van der Waals surface area contributed by atoms with Gasteiger partial charge < -0.3 is 20.1 Å². The molecule has 1 aliphatic rings. The van der Waals surface area contributed by atoms with E-state index in [1.165, 1.54) is 10.9 Å². The second-order valence-electron chi connectivity index (χ2n) is 9.67. The van der Waals surface area contributed by atoms with Crippen LogP contribution in [0.3, 0.4) is 0 Å². The molecule has 0 aliphatic carbocycles. The van der Waals surface area contributed by atoms with Crippen LogP contribution in [0.5, 0.6) is 11.5 Å². The third kappa shape index (κ3) is 6.50. The van der Waals surface area contributed by atoms with E-state index >= 15 is 0 Å². The van der Waals surface area contributed by atoms with Gasteiger partial charge >= 0.3 is 0 Å². The van der Waals surface area contributed by atoms with E-state index in [1.54, 1.807) is 19.2 Å². The lowest BCUT2D eigenvalue weighted by Gasteiger charge is -2.32. The number of aromatic nitrogens is 5. The van der Waals surface area contributed by atoms with Gasteiger partial charge in [-0.1, -0.05) is 29.5 Å². The normalized spacial score (nSPS) is 14.4. The Labute approximate surface area is 236 Å². The predicted molar refractivity (Wildman–Crippen MR) is 150 cm³/mol. The largest absolute Gasteiger partial charge is 0.493 e. The quantitative estimate of drug-likeness (QED) is 0.214. The maximum Gasteiger partial charge on any atom is 0.293 e. The molecule has 4 aromatic rings. The van der Waals surface area contributed by atoms with Crippen LogP contribution in [0, 0.1) is 6.92 Å². The van der Waals surface area contributed by atoms with Crippen molar-refractivity contribution in [2.45, 2.75) is 20.1 Å². The van der Waals surface area contributed by atoms with E-state index in [9.17, 15) is 4.79 Å². The molecule has 0 unspecified atom stereocenters. The SMILES string of the molecule is COc1cc(/C=N\NC(=O)c2nnn(-c3nonc3N)c2CN2CCN(C)CC2)ccc1OCc1ccccc1C. The molecule has 41 heavy (non-hydrogen) atoms. The number of hydrazone groups is 1. The molecular formula is C27H32N10O4. The zero-order valence-corrected chi connectivity index (χ0v) is 23.1. The van der Waals surface area contributed by atoms with Gasteiger partial charge in [-0.2, -0.15) is 9.78 Å². The van der Waals surface area contributed by atoms with Crippen molar-refractivity contribution in [2.24, 2.45) is 5.10 Å². The van der Waals surface area contributed by atoms with E-state index in [-0.39, 0.29) is 17.3 Å². The number of carbonyl (C=O) groups excluding carboxylic acids is 1. The van der Waals surface area contributed by atoms with Crippen LogP contribution in [0.1, 0.15) is 32.9 Å². The number of aryl methyl sites for hydroxylation is 1. The fraction of sp³-hybridized carbons (Fsp3) is 0.333. The molecule has 3 heterocycles. The summed E-state index contributed by atoms with van der Waals surface area (Å²) in [4.78, 5) is 17.6. The van der Waals surface area contributed by atoms with Gasteiger partial charge in [-0.15, -0.1) is 5.10 Å². The molecule has 0 atom stereocenters. The van der Waals surface area contributed by atoms with E-state index in [0.29, 0.717) is 35.9 Å². The molecule has 214 valence electrons. The Bertz CT molecular complexity index is 1520. The van der Waals surface area contributed by atoms with Gasteiger partial charge in [-0.25, -0.2) is 10.1 Å². The minimum absolute atomic E-state index is 0.0415. The summed E-state index contributed by atoms with van der Waals surface area (Å²) in [5, 5.41) is 19.8. The Morgan fingerprint density at radius 2 is 1.95 bits per heavy atom. The summed E-state index contributed by atoms with van der Waals surface area (Å²) in [6.45, 7) is 6.31. The average molecular weight is 561 g/mol. The molecular weight excluding hydrogens is 528 g/mol. The molecule has 0 saturated carbocycles. The Morgan fingerprint density at radius 3 is 2.68 bits per heavy atom. The van der Waals surface area contributed by atoms with E-state index in [4.69, 9.17) is 19.8 Å². The van der Waals surface area contributed by atoms with Crippen LogP contribution in [-0.2, 0) is 13.2 Å². The van der Waals surface area contributed by atoms with Crippen molar-refractivity contribution in [1.29, 1.82) is 0 Å². The molecule has 14 nitrogen and oxygen atoms in total. The highest BCUT2D eigenvalue weighted by Crippen LogP contribution is 2.28. The highest BCUT2D eigenvalue weighted by Gasteiger charge is 2.26. The number of nitrogens with one attached hydrogen (secondary N) is 1. The number of amides is 1. The first-order valence-corrected chi connectivity index (χ1v) is 13.1. The molecule has 0 bridgehead atoms. The Kier molecular flexibility index (Phi) is 8.50. The third-order valence-electron chi connectivity index (χ3n) is 6.86. The van der Waals surface area contributed by atoms with Gasteiger partial charge in [-0.05, 0) is 59.2 Å². The van der Waals surface area contributed by atoms with Crippen molar-refractivity contribution in [3.63, 3.8) is 0 Å². The number of ether oxygens (including phenoxy) is 2. The van der Waals surface area contributed by atoms with Crippen molar-refractivity contribution in [3.8, 4) is 17.3 Å². The lowest BCUT2D eigenvalue weighted by atomic mass is 10.1. The number of likely N-dealkylation sites (N-methyl/N-ethyl adjacent to an activating group) is 1. The van der Waals surface area contributed by atoms with Gasteiger partial charge in [0.1, 0.15) is 6.61 Å². The minimum atomic E-state index is -0.531. The fourth-order valence-electron chi connectivity index (χ4n) is 4.38. The molecule has 5 rings (SSSR count). The number of rotatable bonds is 10. The molecule has 1 amide bonds. The van der Waals surface area contributed by atoms with E-state index in [1.807, 2.05) is 37.3 Å². The lowest BCUT2D eigenvalue weighted by molar-refractivity contribution is 0.0946. The predicted octanol–water partition coefficient (Wildman–Crippen LogP) is 1.64. The summed E-state index contributed by atoms with van der Waals surface area (Å²) in [6, 6.07) is 13.4. The van der Waals surface area contributed by atoms with Crippen molar-refractivity contribution in [1.82, 2.24) is 40.5 Å². The van der Waals surface area contributed by atoms with Crippen molar-refractivity contribution < 1.29 is 18.9 Å². The summed E-state index contributed by atoms with van der Waals surface area (Å²) >= 11 is 0. The number of nitrogens with zero attached hydrogens (tertiary/aromatic N) is 8. The molecule has 2 aromatic carbocycles. The second kappa shape index (κ2) is 12.6. The number of piperazine rings is 1. The maximum absolute atomic E-state index is 13.1. The van der Waals surface area contributed by atoms with Gasteiger partial charge in [0, 0.05) is 32.7 Å². The third-order valence-corrected chi connectivity index (χ3v) is 6.86. The summed E-state index contributed by atoms with van der Waals surface area (Å²) in [6.07, 6.45) is 1.51. The number of nitrogen functional groups attached to an aromatic ring is 1. The molecule has 2 aromatic heterocycles. The van der Waals surface area contributed by atoms with Crippen LogP contribution in [-0.4, -0.2) is 87.6 Å². The zero-order chi connectivity index (χ0) is 28.8. The first kappa shape index (κ1) is 27.7. The van der Waals surface area contributed by atoms with Crippen LogP contribution in [0.4, 0.5) is 5.82 Å². The standard InChI is InChI=1S/C27H32N10O4/c1-18-6-4-5-7-20(18)17-40-22-9-8-19(14-23(22)39-3)15-29-31-27(38)24-21(16-36-12-10-35(2)11-13-36)37(34-30-24)26-25(28)32-41-33-26/h4-9,14-15H,10-13,16-17H2,1-3H3,(H2,28,32)(H,31,38)/b29-15-. The first-order valence-electron chi connectivity index (χ1n) is 13.1. The smallest absolute Gasteiger partial charge is 0.293 e. The zero-order valence-electron chi connectivity index (χ0n) is 23.1. The molecule has 3 N–H and O–H groups in total. The number of benzene rings is 2. The summed E-state index contributed by atoms with van der Waals surface area (Å²) in [7, 11) is 3.64. The number of hydrogen-bond acceptors (Lipinski definition) is 12. The van der Waals surface area contributed by atoms with Gasteiger partial charge in [0.2, 0.25) is 11.6 Å². The molecule has 0 radical (unpaired) electrons. The summed E-state index contributed by atoms with van der Waals surface area (Å²) in [5.74, 6) is 0.825. The number of nitrogens with two attached hydrogens (primary N) is 1. The molecule has 14 heteroatoms. The van der Waals surface area contributed by atoms with Crippen LogP contribution >= 0.6 is 0 Å². The van der Waals surface area contributed by atoms with E-state index < -0.39 is 5.91 Å². The van der Waals surface area contributed by atoms with Crippen molar-refractivity contribution in [3.05, 3.63) is 70.5 Å². The van der Waals surface area contributed by atoms with Gasteiger partial charge in [-0.3, -0.25) is 9.69 Å². The lowest BCUT2D eigenvalue weighted by Crippen LogP contribution is -2.44. The second-order valence-corrected chi connectivity index (χ2v) is 9.67. The average Bonchev–Trinajstić information content (AvgIpc) is 3.59. The Morgan fingerprint density at radius 1 is 1.15 bits per heavy atom.